The number of aryl methyl sites for hydroxylation is 1. The summed E-state index contributed by atoms with van der Waals surface area (Å²) >= 11 is 1.72. The number of rotatable bonds is 6. The number of thiazole rings is 1. The van der Waals surface area contributed by atoms with Gasteiger partial charge in [0.2, 0.25) is 5.91 Å². The molecule has 0 radical (unpaired) electrons. The van der Waals surface area contributed by atoms with Gasteiger partial charge in [0, 0.05) is 36.6 Å². The topological polar surface area (TPSA) is 45.2 Å². The molecule has 1 aromatic heterocycles. The van der Waals surface area contributed by atoms with Crippen molar-refractivity contribution >= 4 is 22.9 Å². The number of anilines is 1. The zero-order valence-corrected chi connectivity index (χ0v) is 14.5. The van der Waals surface area contributed by atoms with E-state index in [0.717, 1.165) is 37.3 Å². The van der Waals surface area contributed by atoms with Crippen LogP contribution >= 0.6 is 11.3 Å². The van der Waals surface area contributed by atoms with Gasteiger partial charge in [-0.1, -0.05) is 19.1 Å². The highest BCUT2D eigenvalue weighted by molar-refractivity contribution is 7.09. The molecule has 0 saturated carbocycles. The van der Waals surface area contributed by atoms with Crippen molar-refractivity contribution in [3.05, 3.63) is 45.9 Å². The number of carbonyl (C=O) groups excluding carboxylic acids is 1. The SMILES string of the molecule is CCc1nc(CNC(C)c2cccc(N3CCCC3=O)c2)cs1. The first-order valence-electron chi connectivity index (χ1n) is 8.24. The van der Waals surface area contributed by atoms with Gasteiger partial charge in [0.15, 0.2) is 0 Å². The van der Waals surface area contributed by atoms with Gasteiger partial charge in [-0.25, -0.2) is 4.98 Å². The molecule has 1 fully saturated rings. The average Bonchev–Trinajstić information content (AvgIpc) is 3.21. The van der Waals surface area contributed by atoms with Crippen molar-refractivity contribution in [3.8, 4) is 0 Å². The van der Waals surface area contributed by atoms with Crippen LogP contribution in [0.5, 0.6) is 0 Å². The Bertz CT molecular complexity index is 682. The summed E-state index contributed by atoms with van der Waals surface area (Å²) in [6.45, 7) is 5.88. The van der Waals surface area contributed by atoms with Gasteiger partial charge < -0.3 is 10.2 Å². The van der Waals surface area contributed by atoms with Crippen molar-refractivity contribution in [1.29, 1.82) is 0 Å². The predicted octanol–water partition coefficient (Wildman–Crippen LogP) is 3.68. The third-order valence-electron chi connectivity index (χ3n) is 4.25. The fourth-order valence-corrected chi connectivity index (χ4v) is 3.60. The summed E-state index contributed by atoms with van der Waals surface area (Å²) in [6.07, 6.45) is 2.62. The van der Waals surface area contributed by atoms with Crippen molar-refractivity contribution in [3.63, 3.8) is 0 Å². The first-order chi connectivity index (χ1) is 11.2. The fourth-order valence-electron chi connectivity index (χ4n) is 2.85. The Labute approximate surface area is 141 Å². The number of nitrogens with zero attached hydrogens (tertiary/aromatic N) is 2. The summed E-state index contributed by atoms with van der Waals surface area (Å²) < 4.78 is 0. The number of carbonyl (C=O) groups is 1. The first kappa shape index (κ1) is 16.1. The molecule has 23 heavy (non-hydrogen) atoms. The van der Waals surface area contributed by atoms with E-state index in [1.54, 1.807) is 11.3 Å². The predicted molar refractivity (Wildman–Crippen MR) is 94.8 cm³/mol. The maximum Gasteiger partial charge on any atom is 0.227 e. The Kier molecular flexibility index (Phi) is 5.08. The largest absolute Gasteiger partial charge is 0.312 e. The zero-order valence-electron chi connectivity index (χ0n) is 13.7. The molecular formula is C18H23N3OS. The van der Waals surface area contributed by atoms with E-state index in [4.69, 9.17) is 0 Å². The molecule has 1 saturated heterocycles. The van der Waals surface area contributed by atoms with Crippen LogP contribution in [0.2, 0.25) is 0 Å². The number of amides is 1. The molecule has 1 aromatic carbocycles. The fraction of sp³-hybridized carbons (Fsp3) is 0.444. The Hall–Kier alpha value is -1.72. The molecular weight excluding hydrogens is 306 g/mol. The van der Waals surface area contributed by atoms with Gasteiger partial charge >= 0.3 is 0 Å². The molecule has 4 nitrogen and oxygen atoms in total. The molecule has 2 aromatic rings. The maximum absolute atomic E-state index is 11.9. The van der Waals surface area contributed by atoms with Crippen LogP contribution in [0.3, 0.4) is 0 Å². The summed E-state index contributed by atoms with van der Waals surface area (Å²) in [6, 6.07) is 8.51. The number of benzene rings is 1. The van der Waals surface area contributed by atoms with Gasteiger partial charge in [0.05, 0.1) is 10.7 Å². The van der Waals surface area contributed by atoms with Crippen molar-refractivity contribution in [2.75, 3.05) is 11.4 Å². The van der Waals surface area contributed by atoms with E-state index in [9.17, 15) is 4.79 Å². The summed E-state index contributed by atoms with van der Waals surface area (Å²) in [5, 5.41) is 6.83. The van der Waals surface area contributed by atoms with Crippen LogP contribution in [0.1, 0.15) is 49.0 Å². The molecule has 3 rings (SSSR count). The third kappa shape index (κ3) is 3.79. The van der Waals surface area contributed by atoms with Gasteiger partial charge in [0.1, 0.15) is 0 Å². The molecule has 1 N–H and O–H groups in total. The highest BCUT2D eigenvalue weighted by Gasteiger charge is 2.22. The van der Waals surface area contributed by atoms with Gasteiger partial charge in [-0.3, -0.25) is 4.79 Å². The van der Waals surface area contributed by atoms with Crippen molar-refractivity contribution in [1.82, 2.24) is 10.3 Å². The van der Waals surface area contributed by atoms with Crippen molar-refractivity contribution in [2.24, 2.45) is 0 Å². The summed E-state index contributed by atoms with van der Waals surface area (Å²) in [5.41, 5.74) is 3.32. The van der Waals surface area contributed by atoms with E-state index < -0.39 is 0 Å². The second-order valence-corrected chi connectivity index (χ2v) is 6.88. The molecule has 1 aliphatic rings. The molecule has 0 bridgehead atoms. The summed E-state index contributed by atoms with van der Waals surface area (Å²) in [5.74, 6) is 0.234. The quantitative estimate of drug-likeness (QED) is 0.879. The molecule has 122 valence electrons. The van der Waals surface area contributed by atoms with Crippen LogP contribution in [0.25, 0.3) is 0 Å². The van der Waals surface area contributed by atoms with Crippen LogP contribution in [-0.2, 0) is 17.8 Å². The number of aromatic nitrogens is 1. The lowest BCUT2D eigenvalue weighted by Gasteiger charge is -2.19. The van der Waals surface area contributed by atoms with E-state index in [2.05, 4.69) is 41.7 Å². The Morgan fingerprint density at radius 3 is 3.00 bits per heavy atom. The second-order valence-electron chi connectivity index (χ2n) is 5.93. The lowest BCUT2D eigenvalue weighted by Crippen LogP contribution is -2.24. The van der Waals surface area contributed by atoms with Crippen LogP contribution in [0.4, 0.5) is 5.69 Å². The molecule has 2 heterocycles. The molecule has 1 unspecified atom stereocenters. The monoisotopic (exact) mass is 329 g/mol. The van der Waals surface area contributed by atoms with E-state index in [-0.39, 0.29) is 11.9 Å². The van der Waals surface area contributed by atoms with E-state index >= 15 is 0 Å². The minimum Gasteiger partial charge on any atom is -0.312 e. The minimum atomic E-state index is 0.222. The molecule has 1 amide bonds. The maximum atomic E-state index is 11.9. The molecule has 1 atom stereocenters. The lowest BCUT2D eigenvalue weighted by atomic mass is 10.1. The van der Waals surface area contributed by atoms with Crippen LogP contribution in [0.15, 0.2) is 29.6 Å². The van der Waals surface area contributed by atoms with E-state index in [1.165, 1.54) is 10.6 Å². The summed E-state index contributed by atoms with van der Waals surface area (Å²) in [4.78, 5) is 18.4. The standard InChI is InChI=1S/C18H23N3OS/c1-3-17-20-15(12-23-17)11-19-13(2)14-6-4-7-16(10-14)21-9-5-8-18(21)22/h4,6-7,10,12-13,19H,3,5,8-9,11H2,1-2H3. The van der Waals surface area contributed by atoms with Crippen LogP contribution in [-0.4, -0.2) is 17.4 Å². The zero-order chi connectivity index (χ0) is 16.2. The number of nitrogens with one attached hydrogen (secondary N) is 1. The van der Waals surface area contributed by atoms with Gasteiger partial charge in [-0.05, 0) is 37.5 Å². The van der Waals surface area contributed by atoms with Gasteiger partial charge in [0.25, 0.3) is 0 Å². The number of hydrogen-bond donors (Lipinski definition) is 1. The molecule has 5 heteroatoms. The Balaban J connectivity index is 1.65. The second kappa shape index (κ2) is 7.23. The normalized spacial score (nSPS) is 16.1. The van der Waals surface area contributed by atoms with Crippen molar-refractivity contribution in [2.45, 2.75) is 45.7 Å². The van der Waals surface area contributed by atoms with E-state index in [1.807, 2.05) is 17.0 Å². The van der Waals surface area contributed by atoms with Crippen molar-refractivity contribution < 1.29 is 4.79 Å². The van der Waals surface area contributed by atoms with Crippen LogP contribution < -0.4 is 10.2 Å². The third-order valence-corrected chi connectivity index (χ3v) is 5.29. The first-order valence-corrected chi connectivity index (χ1v) is 9.12. The highest BCUT2D eigenvalue weighted by atomic mass is 32.1. The van der Waals surface area contributed by atoms with Crippen LogP contribution in [0, 0.1) is 0 Å². The summed E-state index contributed by atoms with van der Waals surface area (Å²) in [7, 11) is 0. The van der Waals surface area contributed by atoms with Gasteiger partial charge in [-0.2, -0.15) is 0 Å². The lowest BCUT2D eigenvalue weighted by molar-refractivity contribution is -0.117. The average molecular weight is 329 g/mol. The Morgan fingerprint density at radius 2 is 2.30 bits per heavy atom. The van der Waals surface area contributed by atoms with E-state index in [0.29, 0.717) is 6.42 Å². The number of hydrogen-bond acceptors (Lipinski definition) is 4. The molecule has 0 aliphatic carbocycles. The smallest absolute Gasteiger partial charge is 0.227 e. The minimum absolute atomic E-state index is 0.222. The highest BCUT2D eigenvalue weighted by Crippen LogP contribution is 2.25. The molecule has 1 aliphatic heterocycles. The molecule has 0 spiro atoms. The Morgan fingerprint density at radius 1 is 1.43 bits per heavy atom. The van der Waals surface area contributed by atoms with Gasteiger partial charge in [-0.15, -0.1) is 11.3 Å².